The summed E-state index contributed by atoms with van der Waals surface area (Å²) in [5.41, 5.74) is 1.52. The van der Waals surface area contributed by atoms with Crippen LogP contribution in [-0.4, -0.2) is 39.4 Å². The van der Waals surface area contributed by atoms with Gasteiger partial charge in [0.1, 0.15) is 6.04 Å². The van der Waals surface area contributed by atoms with Crippen molar-refractivity contribution in [3.63, 3.8) is 0 Å². The summed E-state index contributed by atoms with van der Waals surface area (Å²) < 4.78 is 1.67. The molecule has 25 heavy (non-hydrogen) atoms. The summed E-state index contributed by atoms with van der Waals surface area (Å²) in [6.45, 7) is 1.36. The molecule has 2 heterocycles. The first kappa shape index (κ1) is 17.1. The van der Waals surface area contributed by atoms with Crippen LogP contribution in [0.3, 0.4) is 0 Å². The molecule has 1 fully saturated rings. The zero-order valence-corrected chi connectivity index (χ0v) is 14.1. The van der Waals surface area contributed by atoms with Crippen LogP contribution in [0.15, 0.2) is 36.5 Å². The molecule has 7 heteroatoms. The average molecular weight is 341 g/mol. The van der Waals surface area contributed by atoms with Crippen LogP contribution in [0.1, 0.15) is 41.7 Å². The molecule has 2 N–H and O–H groups in total. The Labute approximate surface area is 146 Å². The van der Waals surface area contributed by atoms with Crippen molar-refractivity contribution in [2.45, 2.75) is 44.7 Å². The first-order valence-corrected chi connectivity index (χ1v) is 8.75. The normalized spacial score (nSPS) is 17.6. The van der Waals surface area contributed by atoms with Gasteiger partial charge >= 0.3 is 0 Å². The molecular weight excluding hydrogens is 318 g/mol. The Hall–Kier alpha value is -2.70. The van der Waals surface area contributed by atoms with Crippen molar-refractivity contribution in [2.75, 3.05) is 6.54 Å². The van der Waals surface area contributed by atoms with Crippen molar-refractivity contribution >= 4 is 11.8 Å². The number of amides is 2. The SMILES string of the molecule is O=C(N[C@H]1CCCCNC1=O)c1cn(CCCc2ccccc2)nn1. The van der Waals surface area contributed by atoms with Crippen molar-refractivity contribution in [2.24, 2.45) is 0 Å². The minimum absolute atomic E-state index is 0.124. The zero-order chi connectivity index (χ0) is 17.5. The van der Waals surface area contributed by atoms with Crippen LogP contribution >= 0.6 is 0 Å². The number of aromatic nitrogens is 3. The number of hydrogen-bond acceptors (Lipinski definition) is 4. The molecule has 0 radical (unpaired) electrons. The fourth-order valence-corrected chi connectivity index (χ4v) is 2.91. The van der Waals surface area contributed by atoms with Gasteiger partial charge in [0.05, 0.1) is 6.20 Å². The van der Waals surface area contributed by atoms with Gasteiger partial charge in [0, 0.05) is 13.1 Å². The second-order valence-corrected chi connectivity index (χ2v) is 6.27. The van der Waals surface area contributed by atoms with Crippen molar-refractivity contribution < 1.29 is 9.59 Å². The van der Waals surface area contributed by atoms with Crippen molar-refractivity contribution in [1.29, 1.82) is 0 Å². The van der Waals surface area contributed by atoms with Crippen LogP contribution in [0.5, 0.6) is 0 Å². The second-order valence-electron chi connectivity index (χ2n) is 6.27. The van der Waals surface area contributed by atoms with E-state index in [0.717, 1.165) is 25.7 Å². The lowest BCUT2D eigenvalue weighted by molar-refractivity contribution is -0.122. The third-order valence-electron chi connectivity index (χ3n) is 4.31. The van der Waals surface area contributed by atoms with E-state index in [9.17, 15) is 9.59 Å². The van der Waals surface area contributed by atoms with Crippen molar-refractivity contribution in [1.82, 2.24) is 25.6 Å². The smallest absolute Gasteiger partial charge is 0.274 e. The molecule has 132 valence electrons. The molecule has 0 aliphatic carbocycles. The third-order valence-corrected chi connectivity index (χ3v) is 4.31. The predicted molar refractivity (Wildman–Crippen MR) is 92.9 cm³/mol. The number of carbonyl (C=O) groups excluding carboxylic acids is 2. The van der Waals surface area contributed by atoms with Crippen LogP contribution in [0.25, 0.3) is 0 Å². The zero-order valence-electron chi connectivity index (χ0n) is 14.1. The fourth-order valence-electron chi connectivity index (χ4n) is 2.91. The average Bonchev–Trinajstić information content (AvgIpc) is 3.01. The molecule has 1 aliphatic heterocycles. The summed E-state index contributed by atoms with van der Waals surface area (Å²) in [6.07, 6.45) is 6.01. The molecule has 0 bridgehead atoms. The summed E-state index contributed by atoms with van der Waals surface area (Å²) in [6, 6.07) is 9.75. The second kappa shape index (κ2) is 8.41. The van der Waals surface area contributed by atoms with E-state index in [1.807, 2.05) is 18.2 Å². The molecule has 2 amide bonds. The summed E-state index contributed by atoms with van der Waals surface area (Å²) in [5.74, 6) is -0.475. The quantitative estimate of drug-likeness (QED) is 0.829. The number of rotatable bonds is 6. The highest BCUT2D eigenvalue weighted by molar-refractivity contribution is 5.95. The fraction of sp³-hybridized carbons (Fsp3) is 0.444. The maximum absolute atomic E-state index is 12.3. The molecule has 7 nitrogen and oxygen atoms in total. The van der Waals surface area contributed by atoms with Gasteiger partial charge in [-0.05, 0) is 37.7 Å². The maximum Gasteiger partial charge on any atom is 0.274 e. The number of nitrogens with one attached hydrogen (secondary N) is 2. The molecule has 1 atom stereocenters. The van der Waals surface area contributed by atoms with Gasteiger partial charge < -0.3 is 10.6 Å². The molecule has 3 rings (SSSR count). The number of carbonyl (C=O) groups is 2. The molecule has 1 aromatic heterocycles. The van der Waals surface area contributed by atoms with Crippen molar-refractivity contribution in [3.05, 3.63) is 47.8 Å². The van der Waals surface area contributed by atoms with E-state index in [1.165, 1.54) is 5.56 Å². The highest BCUT2D eigenvalue weighted by Gasteiger charge is 2.23. The summed E-state index contributed by atoms with van der Waals surface area (Å²) >= 11 is 0. The van der Waals surface area contributed by atoms with Gasteiger partial charge in [-0.1, -0.05) is 35.5 Å². The van der Waals surface area contributed by atoms with Crippen molar-refractivity contribution in [3.8, 4) is 0 Å². The van der Waals surface area contributed by atoms with E-state index in [0.29, 0.717) is 19.5 Å². The van der Waals surface area contributed by atoms with Gasteiger partial charge in [-0.15, -0.1) is 5.10 Å². The lowest BCUT2D eigenvalue weighted by Gasteiger charge is -2.13. The summed E-state index contributed by atoms with van der Waals surface area (Å²) in [7, 11) is 0. The van der Waals surface area contributed by atoms with Crippen LogP contribution in [0.4, 0.5) is 0 Å². The van der Waals surface area contributed by atoms with E-state index < -0.39 is 6.04 Å². The van der Waals surface area contributed by atoms with Gasteiger partial charge in [0.25, 0.3) is 5.91 Å². The van der Waals surface area contributed by atoms with Crippen LogP contribution in [0.2, 0.25) is 0 Å². The Bertz CT molecular complexity index is 713. The lowest BCUT2D eigenvalue weighted by atomic mass is 10.1. The third kappa shape index (κ3) is 4.89. The van der Waals surface area contributed by atoms with Crippen LogP contribution in [0, 0.1) is 0 Å². The molecule has 0 spiro atoms. The predicted octanol–water partition coefficient (Wildman–Crippen LogP) is 1.31. The van der Waals surface area contributed by atoms with Gasteiger partial charge in [-0.25, -0.2) is 0 Å². The highest BCUT2D eigenvalue weighted by atomic mass is 16.2. The minimum Gasteiger partial charge on any atom is -0.354 e. The van der Waals surface area contributed by atoms with E-state index in [2.05, 4.69) is 33.1 Å². The summed E-state index contributed by atoms with van der Waals surface area (Å²) in [5, 5.41) is 13.5. The van der Waals surface area contributed by atoms with E-state index in [-0.39, 0.29) is 17.5 Å². The number of aryl methyl sites for hydroxylation is 2. The minimum atomic E-state index is -0.488. The van der Waals surface area contributed by atoms with Gasteiger partial charge in [0.2, 0.25) is 5.91 Å². The largest absolute Gasteiger partial charge is 0.354 e. The Morgan fingerprint density at radius 3 is 2.96 bits per heavy atom. The van der Waals surface area contributed by atoms with Crippen LogP contribution < -0.4 is 10.6 Å². The standard InChI is InChI=1S/C18H23N5O2/c24-17-15(10-4-5-11-19-17)20-18(25)16-13-23(22-21-16)12-6-9-14-7-2-1-3-8-14/h1-3,7-8,13,15H,4-6,9-12H2,(H,19,24)(H,20,25)/t15-/m0/s1. The molecule has 1 aliphatic rings. The van der Waals surface area contributed by atoms with Crippen LogP contribution in [-0.2, 0) is 17.8 Å². The number of benzene rings is 1. The van der Waals surface area contributed by atoms with E-state index in [4.69, 9.17) is 0 Å². The Morgan fingerprint density at radius 2 is 2.12 bits per heavy atom. The molecule has 2 aromatic rings. The first-order valence-electron chi connectivity index (χ1n) is 8.75. The van der Waals surface area contributed by atoms with Gasteiger partial charge in [-0.2, -0.15) is 0 Å². The Balaban J connectivity index is 1.50. The molecule has 0 unspecified atom stereocenters. The van der Waals surface area contributed by atoms with Gasteiger partial charge in [0.15, 0.2) is 5.69 Å². The topological polar surface area (TPSA) is 88.9 Å². The maximum atomic E-state index is 12.3. The molecule has 1 saturated heterocycles. The number of hydrogen-bond donors (Lipinski definition) is 2. The Kier molecular flexibility index (Phi) is 5.77. The summed E-state index contributed by atoms with van der Waals surface area (Å²) in [4.78, 5) is 24.2. The molecule has 0 saturated carbocycles. The lowest BCUT2D eigenvalue weighted by Crippen LogP contribution is -2.45. The number of nitrogens with zero attached hydrogens (tertiary/aromatic N) is 3. The van der Waals surface area contributed by atoms with Gasteiger partial charge in [-0.3, -0.25) is 14.3 Å². The van der Waals surface area contributed by atoms with E-state index in [1.54, 1.807) is 10.9 Å². The Morgan fingerprint density at radius 1 is 1.28 bits per heavy atom. The monoisotopic (exact) mass is 341 g/mol. The first-order chi connectivity index (χ1) is 12.2. The molecular formula is C18H23N5O2. The highest BCUT2D eigenvalue weighted by Crippen LogP contribution is 2.07. The molecule has 1 aromatic carbocycles. The van der Waals surface area contributed by atoms with E-state index >= 15 is 0 Å².